The van der Waals surface area contributed by atoms with Crippen LogP contribution in [-0.2, 0) is 11.8 Å². The van der Waals surface area contributed by atoms with E-state index in [1.165, 1.54) is 0 Å². The fourth-order valence-corrected chi connectivity index (χ4v) is 2.94. The van der Waals surface area contributed by atoms with Crippen LogP contribution in [0, 0.1) is 5.92 Å². The molecule has 2 rings (SSSR count). The molecule has 2 unspecified atom stereocenters. The molecule has 18 heavy (non-hydrogen) atoms. The summed E-state index contributed by atoms with van der Waals surface area (Å²) >= 11 is 3.30. The van der Waals surface area contributed by atoms with Crippen molar-refractivity contribution in [3.8, 4) is 0 Å². The van der Waals surface area contributed by atoms with Crippen LogP contribution in [0.5, 0.6) is 0 Å². The minimum absolute atomic E-state index is 0.221. The maximum Gasteiger partial charge on any atom is 0.308 e. The zero-order valence-electron chi connectivity index (χ0n) is 10.0. The smallest absolute Gasteiger partial charge is 0.308 e. The number of halogens is 1. The van der Waals surface area contributed by atoms with Crippen LogP contribution in [0.3, 0.4) is 0 Å². The maximum atomic E-state index is 12.1. The average molecular weight is 315 g/mol. The number of carboxylic acids is 1. The van der Waals surface area contributed by atoms with E-state index in [-0.39, 0.29) is 11.9 Å². The van der Waals surface area contributed by atoms with Crippen LogP contribution in [-0.4, -0.2) is 27.6 Å². The highest BCUT2D eigenvalue weighted by Gasteiger charge is 2.34. The molecule has 0 aromatic carbocycles. The Balaban J connectivity index is 2.07. The second-order valence-electron chi connectivity index (χ2n) is 4.61. The van der Waals surface area contributed by atoms with Gasteiger partial charge in [0, 0.05) is 23.8 Å². The topological polar surface area (TPSA) is 71.3 Å². The fraction of sp³-hybridized carbons (Fsp3) is 0.500. The van der Waals surface area contributed by atoms with E-state index in [0.717, 1.165) is 17.3 Å². The molecule has 1 aromatic heterocycles. The summed E-state index contributed by atoms with van der Waals surface area (Å²) in [5.41, 5.74) is 0.526. The van der Waals surface area contributed by atoms with E-state index in [2.05, 4.69) is 21.2 Å². The Kier molecular flexibility index (Phi) is 3.75. The van der Waals surface area contributed by atoms with Crippen molar-refractivity contribution in [3.05, 3.63) is 22.4 Å². The lowest BCUT2D eigenvalue weighted by molar-refractivity contribution is -0.142. The Morgan fingerprint density at radius 2 is 2.22 bits per heavy atom. The molecule has 1 fully saturated rings. The van der Waals surface area contributed by atoms with Crippen molar-refractivity contribution < 1.29 is 14.7 Å². The Morgan fingerprint density at radius 3 is 2.78 bits per heavy atom. The van der Waals surface area contributed by atoms with Crippen LogP contribution in [0.1, 0.15) is 29.8 Å². The van der Waals surface area contributed by atoms with Gasteiger partial charge in [-0.15, -0.1) is 0 Å². The van der Waals surface area contributed by atoms with Crippen molar-refractivity contribution in [2.24, 2.45) is 13.0 Å². The van der Waals surface area contributed by atoms with E-state index in [1.54, 1.807) is 23.9 Å². The number of nitrogens with one attached hydrogen (secondary N) is 1. The number of carbonyl (C=O) groups is 2. The first-order chi connectivity index (χ1) is 8.49. The molecule has 1 amide bonds. The summed E-state index contributed by atoms with van der Waals surface area (Å²) in [6.07, 6.45) is 4.00. The van der Waals surface area contributed by atoms with Gasteiger partial charge in [-0.1, -0.05) is 6.42 Å². The maximum absolute atomic E-state index is 12.1. The third-order valence-electron chi connectivity index (χ3n) is 3.35. The van der Waals surface area contributed by atoms with Gasteiger partial charge in [0.2, 0.25) is 0 Å². The van der Waals surface area contributed by atoms with Crippen LogP contribution in [0.2, 0.25) is 0 Å². The summed E-state index contributed by atoms with van der Waals surface area (Å²) in [5.74, 6) is -1.51. The number of hydrogen-bond acceptors (Lipinski definition) is 2. The van der Waals surface area contributed by atoms with Crippen molar-refractivity contribution in [2.75, 3.05) is 0 Å². The van der Waals surface area contributed by atoms with Crippen molar-refractivity contribution in [2.45, 2.75) is 25.3 Å². The van der Waals surface area contributed by atoms with Crippen molar-refractivity contribution in [1.29, 1.82) is 0 Å². The highest BCUT2D eigenvalue weighted by atomic mass is 79.9. The molecule has 0 bridgehead atoms. The molecule has 98 valence electrons. The van der Waals surface area contributed by atoms with E-state index >= 15 is 0 Å². The molecule has 0 spiro atoms. The first-order valence-corrected chi connectivity index (χ1v) is 6.64. The lowest BCUT2D eigenvalue weighted by Crippen LogP contribution is -2.40. The summed E-state index contributed by atoms with van der Waals surface area (Å²) < 4.78 is 2.54. The minimum atomic E-state index is -0.828. The lowest BCUT2D eigenvalue weighted by Gasteiger charge is -2.17. The molecular formula is C12H15BrN2O3. The standard InChI is InChI=1S/C12H15BrN2O3/c1-15-6-7(13)5-10(15)11(16)14-9-4-2-3-8(9)12(17)18/h5-6,8-9H,2-4H2,1H3,(H,14,16)(H,17,18). The van der Waals surface area contributed by atoms with Gasteiger partial charge in [-0.25, -0.2) is 0 Å². The number of hydrogen-bond donors (Lipinski definition) is 2. The van der Waals surface area contributed by atoms with E-state index in [4.69, 9.17) is 5.11 Å². The summed E-state index contributed by atoms with van der Waals surface area (Å²) in [7, 11) is 1.78. The van der Waals surface area contributed by atoms with E-state index in [0.29, 0.717) is 12.1 Å². The molecule has 1 saturated carbocycles. The third-order valence-corrected chi connectivity index (χ3v) is 3.79. The first-order valence-electron chi connectivity index (χ1n) is 5.84. The highest BCUT2D eigenvalue weighted by Crippen LogP contribution is 2.26. The predicted octanol–water partition coefficient (Wildman–Crippen LogP) is 1.77. The number of aryl methyl sites for hydroxylation is 1. The number of rotatable bonds is 3. The van der Waals surface area contributed by atoms with Crippen LogP contribution in [0.4, 0.5) is 0 Å². The van der Waals surface area contributed by atoms with Crippen LogP contribution in [0.15, 0.2) is 16.7 Å². The summed E-state index contributed by atoms with van der Waals surface area (Å²) in [5, 5.41) is 11.9. The highest BCUT2D eigenvalue weighted by molar-refractivity contribution is 9.10. The molecule has 6 heteroatoms. The van der Waals surface area contributed by atoms with E-state index in [1.807, 2.05) is 0 Å². The van der Waals surface area contributed by atoms with Gasteiger partial charge in [0.1, 0.15) is 5.69 Å². The Hall–Kier alpha value is -1.30. The Morgan fingerprint density at radius 1 is 1.50 bits per heavy atom. The molecule has 0 saturated heterocycles. The number of carbonyl (C=O) groups excluding carboxylic acids is 1. The van der Waals surface area contributed by atoms with Gasteiger partial charge in [-0.05, 0) is 34.8 Å². The molecule has 0 radical (unpaired) electrons. The monoisotopic (exact) mass is 314 g/mol. The number of aromatic nitrogens is 1. The predicted molar refractivity (Wildman–Crippen MR) is 69.3 cm³/mol. The number of aliphatic carboxylic acids is 1. The fourth-order valence-electron chi connectivity index (χ4n) is 2.42. The number of carboxylic acid groups (broad SMARTS) is 1. The van der Waals surface area contributed by atoms with Crippen LogP contribution < -0.4 is 5.32 Å². The van der Waals surface area contributed by atoms with Gasteiger partial charge in [0.05, 0.1) is 5.92 Å². The molecule has 1 heterocycles. The zero-order chi connectivity index (χ0) is 13.3. The van der Waals surface area contributed by atoms with Gasteiger partial charge >= 0.3 is 5.97 Å². The zero-order valence-corrected chi connectivity index (χ0v) is 11.6. The normalized spacial score (nSPS) is 23.0. The molecule has 2 N–H and O–H groups in total. The second kappa shape index (κ2) is 5.14. The van der Waals surface area contributed by atoms with Gasteiger partial charge in [-0.3, -0.25) is 9.59 Å². The van der Waals surface area contributed by atoms with Gasteiger partial charge in [-0.2, -0.15) is 0 Å². The van der Waals surface area contributed by atoms with Crippen molar-refractivity contribution >= 4 is 27.8 Å². The Labute approximate surface area is 113 Å². The molecule has 1 aliphatic rings. The van der Waals surface area contributed by atoms with Gasteiger partial charge in [0.15, 0.2) is 0 Å². The van der Waals surface area contributed by atoms with Crippen molar-refractivity contribution in [1.82, 2.24) is 9.88 Å². The minimum Gasteiger partial charge on any atom is -0.481 e. The number of amides is 1. The summed E-state index contributed by atoms with van der Waals surface area (Å²) in [6, 6.07) is 1.46. The van der Waals surface area contributed by atoms with E-state index < -0.39 is 11.9 Å². The summed E-state index contributed by atoms with van der Waals surface area (Å²) in [4.78, 5) is 23.1. The lowest BCUT2D eigenvalue weighted by atomic mass is 10.0. The Bertz CT molecular complexity index is 484. The second-order valence-corrected chi connectivity index (χ2v) is 5.53. The van der Waals surface area contributed by atoms with Gasteiger partial charge < -0.3 is 15.0 Å². The van der Waals surface area contributed by atoms with Crippen LogP contribution >= 0.6 is 15.9 Å². The molecule has 1 aliphatic carbocycles. The third kappa shape index (κ3) is 2.58. The first kappa shape index (κ1) is 13.1. The SMILES string of the molecule is Cn1cc(Br)cc1C(=O)NC1CCCC1C(=O)O. The average Bonchev–Trinajstić information content (AvgIpc) is 2.85. The number of nitrogens with zero attached hydrogens (tertiary/aromatic N) is 1. The molecule has 1 aromatic rings. The molecule has 2 atom stereocenters. The molecule has 5 nitrogen and oxygen atoms in total. The molecular weight excluding hydrogens is 300 g/mol. The van der Waals surface area contributed by atoms with E-state index in [9.17, 15) is 9.59 Å². The summed E-state index contributed by atoms with van der Waals surface area (Å²) in [6.45, 7) is 0. The van der Waals surface area contributed by atoms with Crippen molar-refractivity contribution in [3.63, 3.8) is 0 Å². The quantitative estimate of drug-likeness (QED) is 0.893. The van der Waals surface area contributed by atoms with Gasteiger partial charge in [0.25, 0.3) is 5.91 Å². The largest absolute Gasteiger partial charge is 0.481 e. The van der Waals surface area contributed by atoms with Crippen LogP contribution in [0.25, 0.3) is 0 Å². The molecule has 0 aliphatic heterocycles.